The van der Waals surface area contributed by atoms with Crippen molar-refractivity contribution in [2.75, 3.05) is 6.61 Å². The summed E-state index contributed by atoms with van der Waals surface area (Å²) >= 11 is 0. The lowest BCUT2D eigenvalue weighted by Crippen LogP contribution is -2.42. The van der Waals surface area contributed by atoms with Crippen molar-refractivity contribution >= 4 is 0 Å². The molecule has 2 heteroatoms. The molecule has 1 aliphatic heterocycles. The van der Waals surface area contributed by atoms with Crippen LogP contribution in [0.15, 0.2) is 0 Å². The molecule has 0 spiro atoms. The van der Waals surface area contributed by atoms with Crippen molar-refractivity contribution in [3.8, 4) is 0 Å². The van der Waals surface area contributed by atoms with Gasteiger partial charge in [0.05, 0.1) is 12.2 Å². The molecule has 1 fully saturated rings. The maximum atomic E-state index is 5.88. The Morgan fingerprint density at radius 1 is 1.08 bits per heavy atom. The molecule has 0 aromatic heterocycles. The Morgan fingerprint density at radius 3 is 1.75 bits per heavy atom. The molecular formula is C10H20O2. The Balaban J connectivity index is 2.78. The van der Waals surface area contributed by atoms with Gasteiger partial charge in [-0.25, -0.2) is 0 Å². The minimum atomic E-state index is -0.434. The summed E-state index contributed by atoms with van der Waals surface area (Å²) < 4.78 is 11.6. The van der Waals surface area contributed by atoms with Gasteiger partial charge >= 0.3 is 0 Å². The maximum Gasteiger partial charge on any atom is 0.171 e. The predicted molar refractivity (Wildman–Crippen MR) is 49.0 cm³/mol. The van der Waals surface area contributed by atoms with Gasteiger partial charge in [-0.2, -0.15) is 0 Å². The Kier molecular flexibility index (Phi) is 2.05. The standard InChI is InChI=1S/C10H20O2/c1-8(2,3)10(6)11-7-9(4,5)12-10/h7H2,1-6H3. The van der Waals surface area contributed by atoms with Crippen LogP contribution in [0, 0.1) is 5.41 Å². The lowest BCUT2D eigenvalue weighted by Gasteiger charge is -2.37. The first-order chi connectivity index (χ1) is 5.16. The van der Waals surface area contributed by atoms with Crippen molar-refractivity contribution in [3.05, 3.63) is 0 Å². The third-order valence-electron chi connectivity index (χ3n) is 2.53. The molecule has 0 N–H and O–H groups in total. The zero-order chi connectivity index (χ0) is 9.62. The fourth-order valence-corrected chi connectivity index (χ4v) is 1.27. The van der Waals surface area contributed by atoms with Crippen LogP contribution in [0.25, 0.3) is 0 Å². The third-order valence-corrected chi connectivity index (χ3v) is 2.53. The molecular weight excluding hydrogens is 152 g/mol. The highest BCUT2D eigenvalue weighted by Crippen LogP contribution is 2.42. The lowest BCUT2D eigenvalue weighted by molar-refractivity contribution is -0.228. The highest BCUT2D eigenvalue weighted by Gasteiger charge is 2.49. The summed E-state index contributed by atoms with van der Waals surface area (Å²) in [6.45, 7) is 13.2. The molecule has 0 aromatic rings. The smallest absolute Gasteiger partial charge is 0.171 e. The fourth-order valence-electron chi connectivity index (χ4n) is 1.27. The van der Waals surface area contributed by atoms with Gasteiger partial charge in [0.25, 0.3) is 0 Å². The van der Waals surface area contributed by atoms with Gasteiger partial charge in [-0.15, -0.1) is 0 Å². The highest BCUT2D eigenvalue weighted by molar-refractivity contribution is 4.89. The van der Waals surface area contributed by atoms with E-state index in [9.17, 15) is 0 Å². The van der Waals surface area contributed by atoms with Crippen molar-refractivity contribution in [1.82, 2.24) is 0 Å². The molecule has 2 nitrogen and oxygen atoms in total. The molecule has 0 aliphatic carbocycles. The molecule has 1 rings (SSSR count). The summed E-state index contributed by atoms with van der Waals surface area (Å²) in [4.78, 5) is 0. The molecule has 0 aromatic carbocycles. The number of hydrogen-bond acceptors (Lipinski definition) is 2. The number of hydrogen-bond donors (Lipinski definition) is 0. The second kappa shape index (κ2) is 2.46. The summed E-state index contributed by atoms with van der Waals surface area (Å²) in [6.07, 6.45) is 0. The van der Waals surface area contributed by atoms with Crippen LogP contribution in [0.5, 0.6) is 0 Å². The van der Waals surface area contributed by atoms with E-state index in [1.165, 1.54) is 0 Å². The second-order valence-corrected chi connectivity index (χ2v) is 5.35. The Morgan fingerprint density at radius 2 is 1.58 bits per heavy atom. The summed E-state index contributed by atoms with van der Waals surface area (Å²) in [6, 6.07) is 0. The van der Waals surface area contributed by atoms with E-state index in [1.54, 1.807) is 0 Å². The summed E-state index contributed by atoms with van der Waals surface area (Å²) in [7, 11) is 0. The molecule has 0 amide bonds. The molecule has 0 bridgehead atoms. The average Bonchev–Trinajstić information content (AvgIpc) is 2.05. The normalized spacial score (nSPS) is 35.5. The van der Waals surface area contributed by atoms with Crippen molar-refractivity contribution in [2.24, 2.45) is 5.41 Å². The number of ether oxygens (including phenoxy) is 2. The SMILES string of the molecule is CC1(C)COC(C)(C(C)(C)C)O1. The van der Waals surface area contributed by atoms with Crippen LogP contribution in [0.2, 0.25) is 0 Å². The summed E-state index contributed by atoms with van der Waals surface area (Å²) in [5.74, 6) is -0.434. The first-order valence-corrected chi connectivity index (χ1v) is 4.50. The van der Waals surface area contributed by atoms with Crippen LogP contribution in [-0.2, 0) is 9.47 Å². The van der Waals surface area contributed by atoms with Crippen molar-refractivity contribution in [3.63, 3.8) is 0 Å². The molecule has 1 aliphatic rings. The van der Waals surface area contributed by atoms with E-state index >= 15 is 0 Å². The molecule has 1 unspecified atom stereocenters. The van der Waals surface area contributed by atoms with Crippen molar-refractivity contribution in [1.29, 1.82) is 0 Å². The largest absolute Gasteiger partial charge is 0.347 e. The fraction of sp³-hybridized carbons (Fsp3) is 1.00. The molecule has 0 saturated carbocycles. The van der Waals surface area contributed by atoms with Gasteiger partial charge in [0.1, 0.15) is 0 Å². The average molecular weight is 172 g/mol. The minimum Gasteiger partial charge on any atom is -0.347 e. The van der Waals surface area contributed by atoms with Gasteiger partial charge in [0.15, 0.2) is 5.79 Å². The van der Waals surface area contributed by atoms with Gasteiger partial charge in [0.2, 0.25) is 0 Å². The van der Waals surface area contributed by atoms with E-state index in [0.717, 1.165) is 0 Å². The van der Waals surface area contributed by atoms with Gasteiger partial charge in [-0.05, 0) is 20.8 Å². The van der Waals surface area contributed by atoms with E-state index < -0.39 is 5.79 Å². The summed E-state index contributed by atoms with van der Waals surface area (Å²) in [5.41, 5.74) is -0.108. The highest BCUT2D eigenvalue weighted by atomic mass is 16.8. The summed E-state index contributed by atoms with van der Waals surface area (Å²) in [5, 5.41) is 0. The zero-order valence-corrected chi connectivity index (χ0v) is 9.02. The molecule has 12 heavy (non-hydrogen) atoms. The van der Waals surface area contributed by atoms with Crippen molar-refractivity contribution in [2.45, 2.75) is 52.9 Å². The number of rotatable bonds is 0. The molecule has 72 valence electrons. The first-order valence-electron chi connectivity index (χ1n) is 4.50. The van der Waals surface area contributed by atoms with Gasteiger partial charge < -0.3 is 9.47 Å². The van der Waals surface area contributed by atoms with Crippen LogP contribution in [0.1, 0.15) is 41.5 Å². The Bertz CT molecular complexity index is 179. The van der Waals surface area contributed by atoms with Crippen LogP contribution in [-0.4, -0.2) is 18.0 Å². The molecule has 1 saturated heterocycles. The van der Waals surface area contributed by atoms with Crippen LogP contribution >= 0.6 is 0 Å². The third kappa shape index (κ3) is 1.64. The maximum absolute atomic E-state index is 5.88. The van der Waals surface area contributed by atoms with Crippen LogP contribution in [0.4, 0.5) is 0 Å². The molecule has 1 heterocycles. The lowest BCUT2D eigenvalue weighted by atomic mass is 9.86. The topological polar surface area (TPSA) is 18.5 Å². The Hall–Kier alpha value is -0.0800. The van der Waals surface area contributed by atoms with E-state index in [-0.39, 0.29) is 11.0 Å². The zero-order valence-electron chi connectivity index (χ0n) is 9.02. The van der Waals surface area contributed by atoms with Gasteiger partial charge in [0, 0.05) is 5.41 Å². The molecule has 1 atom stereocenters. The molecule has 0 radical (unpaired) electrons. The second-order valence-electron chi connectivity index (χ2n) is 5.35. The minimum absolute atomic E-state index is 0.0285. The van der Waals surface area contributed by atoms with Gasteiger partial charge in [-0.3, -0.25) is 0 Å². The van der Waals surface area contributed by atoms with E-state index in [0.29, 0.717) is 6.61 Å². The van der Waals surface area contributed by atoms with Gasteiger partial charge in [-0.1, -0.05) is 20.8 Å². The Labute approximate surface area is 75.2 Å². The predicted octanol–water partition coefficient (Wildman–Crippen LogP) is 2.57. The van der Waals surface area contributed by atoms with Crippen LogP contribution in [0.3, 0.4) is 0 Å². The first kappa shape index (κ1) is 10.0. The van der Waals surface area contributed by atoms with E-state index in [2.05, 4.69) is 34.6 Å². The van der Waals surface area contributed by atoms with Crippen LogP contribution < -0.4 is 0 Å². The van der Waals surface area contributed by atoms with Crippen molar-refractivity contribution < 1.29 is 9.47 Å². The van der Waals surface area contributed by atoms with E-state index in [1.807, 2.05) is 6.92 Å². The monoisotopic (exact) mass is 172 g/mol. The van der Waals surface area contributed by atoms with E-state index in [4.69, 9.17) is 9.47 Å². The quantitative estimate of drug-likeness (QED) is 0.559.